The summed E-state index contributed by atoms with van der Waals surface area (Å²) in [6.07, 6.45) is 6.18. The van der Waals surface area contributed by atoms with E-state index in [9.17, 15) is 4.39 Å². The zero-order valence-corrected chi connectivity index (χ0v) is 14.2. The highest BCUT2D eigenvalue weighted by molar-refractivity contribution is 6.12. The first-order valence-corrected chi connectivity index (χ1v) is 8.66. The summed E-state index contributed by atoms with van der Waals surface area (Å²) in [6, 6.07) is 10.6. The summed E-state index contributed by atoms with van der Waals surface area (Å²) in [5.41, 5.74) is 4.26. The van der Waals surface area contributed by atoms with Crippen molar-refractivity contribution < 1.29 is 13.9 Å². The van der Waals surface area contributed by atoms with Gasteiger partial charge in [-0.15, -0.1) is 0 Å². The molecule has 2 aliphatic rings. The quantitative estimate of drug-likeness (QED) is 0.790. The van der Waals surface area contributed by atoms with E-state index in [1.54, 1.807) is 12.1 Å². The lowest BCUT2D eigenvalue weighted by Gasteiger charge is -2.24. The second kappa shape index (κ2) is 6.71. The first-order valence-electron chi connectivity index (χ1n) is 8.66. The molecule has 128 valence electrons. The molecule has 0 bridgehead atoms. The molecule has 4 rings (SSSR count). The molecule has 2 aromatic rings. The molecule has 2 heterocycles. The molecule has 1 atom stereocenters. The fourth-order valence-corrected chi connectivity index (χ4v) is 3.40. The van der Waals surface area contributed by atoms with Crippen LogP contribution in [0.1, 0.15) is 42.4 Å². The van der Waals surface area contributed by atoms with Crippen molar-refractivity contribution >= 4 is 11.8 Å². The van der Waals surface area contributed by atoms with Gasteiger partial charge < -0.3 is 9.47 Å². The molecule has 25 heavy (non-hydrogen) atoms. The van der Waals surface area contributed by atoms with Crippen molar-refractivity contribution in [3.63, 3.8) is 0 Å². The van der Waals surface area contributed by atoms with E-state index in [-0.39, 0.29) is 12.6 Å². The Hall–Kier alpha value is -2.62. The van der Waals surface area contributed by atoms with Crippen LogP contribution in [0.2, 0.25) is 0 Å². The second-order valence-corrected chi connectivity index (χ2v) is 6.39. The summed E-state index contributed by atoms with van der Waals surface area (Å²) in [6.45, 7) is 3.25. The Morgan fingerprint density at radius 1 is 1.12 bits per heavy atom. The number of aliphatic imine (C=N–C) groups is 1. The number of hydrogen-bond donors (Lipinski definition) is 0. The summed E-state index contributed by atoms with van der Waals surface area (Å²) in [7, 11) is 0. The van der Waals surface area contributed by atoms with Crippen molar-refractivity contribution in [3.05, 3.63) is 65.0 Å². The molecular formula is C21H20FNO2. The van der Waals surface area contributed by atoms with E-state index in [0.717, 1.165) is 47.7 Å². The Kier molecular flexibility index (Phi) is 4.26. The van der Waals surface area contributed by atoms with E-state index < -0.39 is 0 Å². The van der Waals surface area contributed by atoms with Crippen molar-refractivity contribution in [2.75, 3.05) is 13.3 Å². The van der Waals surface area contributed by atoms with Crippen LogP contribution in [0.5, 0.6) is 11.5 Å². The fraction of sp³-hybridized carbons (Fsp3) is 0.286. The number of nitrogens with zero attached hydrogens (tertiary/aromatic N) is 1. The topological polar surface area (TPSA) is 30.8 Å². The number of benzene rings is 2. The molecule has 0 amide bonds. The number of allylic oxidation sites excluding steroid dienone is 1. The predicted octanol–water partition coefficient (Wildman–Crippen LogP) is 4.95. The molecule has 0 aliphatic carbocycles. The Morgan fingerprint density at radius 3 is 2.64 bits per heavy atom. The molecular weight excluding hydrogens is 317 g/mol. The number of fused-ring (bicyclic) bond motifs is 2. The van der Waals surface area contributed by atoms with Crippen LogP contribution in [0.4, 0.5) is 4.39 Å². The van der Waals surface area contributed by atoms with Gasteiger partial charge in [-0.1, -0.05) is 31.6 Å². The highest BCUT2D eigenvalue weighted by Crippen LogP contribution is 2.40. The molecule has 0 saturated heterocycles. The predicted molar refractivity (Wildman–Crippen MR) is 97.1 cm³/mol. The maximum absolute atomic E-state index is 13.0. The van der Waals surface area contributed by atoms with E-state index in [2.05, 4.69) is 13.0 Å². The van der Waals surface area contributed by atoms with E-state index in [1.165, 1.54) is 17.7 Å². The van der Waals surface area contributed by atoms with Gasteiger partial charge >= 0.3 is 0 Å². The number of hydrogen-bond acceptors (Lipinski definition) is 3. The molecule has 0 aromatic heterocycles. The minimum absolute atomic E-state index is 0.229. The molecule has 4 heteroatoms. The van der Waals surface area contributed by atoms with E-state index in [1.807, 2.05) is 18.2 Å². The van der Waals surface area contributed by atoms with Gasteiger partial charge in [-0.05, 0) is 47.9 Å². The standard InChI is InChI=1S/C21H20FNO2/c1-2-3-15-12-23-19(9-6-14-4-7-16(22)8-5-14)18-11-21-20(10-17(15)18)24-13-25-21/h4-11,15H,2-3,12-13H2,1H3. The lowest BCUT2D eigenvalue weighted by molar-refractivity contribution is 0.174. The average Bonchev–Trinajstić information content (AvgIpc) is 3.08. The monoisotopic (exact) mass is 337 g/mol. The van der Waals surface area contributed by atoms with Crippen LogP contribution in [-0.4, -0.2) is 19.0 Å². The summed E-state index contributed by atoms with van der Waals surface area (Å²) in [5.74, 6) is 1.78. The third-order valence-corrected chi connectivity index (χ3v) is 4.68. The zero-order chi connectivity index (χ0) is 17.2. The fourth-order valence-electron chi connectivity index (χ4n) is 3.40. The number of ether oxygens (including phenoxy) is 2. The highest BCUT2D eigenvalue weighted by atomic mass is 19.1. The van der Waals surface area contributed by atoms with Gasteiger partial charge in [0.05, 0.1) is 5.71 Å². The smallest absolute Gasteiger partial charge is 0.231 e. The highest BCUT2D eigenvalue weighted by Gasteiger charge is 2.26. The van der Waals surface area contributed by atoms with Crippen LogP contribution in [0.15, 0.2) is 47.5 Å². The molecule has 3 nitrogen and oxygen atoms in total. The molecule has 1 unspecified atom stereocenters. The van der Waals surface area contributed by atoms with Crippen LogP contribution in [0, 0.1) is 5.82 Å². The molecule has 2 aromatic carbocycles. The first kappa shape index (κ1) is 15.9. The summed E-state index contributed by atoms with van der Waals surface area (Å²) < 4.78 is 24.1. The van der Waals surface area contributed by atoms with Crippen molar-refractivity contribution in [2.24, 2.45) is 4.99 Å². The molecule has 0 spiro atoms. The normalized spacial score (nSPS) is 18.3. The molecule has 0 N–H and O–H groups in total. The maximum atomic E-state index is 13.0. The second-order valence-electron chi connectivity index (χ2n) is 6.39. The number of halogens is 1. The van der Waals surface area contributed by atoms with Crippen molar-refractivity contribution in [1.29, 1.82) is 0 Å². The molecule has 0 saturated carbocycles. The minimum Gasteiger partial charge on any atom is -0.454 e. The van der Waals surface area contributed by atoms with Gasteiger partial charge in [0.2, 0.25) is 6.79 Å². The van der Waals surface area contributed by atoms with Gasteiger partial charge in [-0.3, -0.25) is 4.99 Å². The number of rotatable bonds is 4. The van der Waals surface area contributed by atoms with Gasteiger partial charge in [-0.25, -0.2) is 4.39 Å². The third kappa shape index (κ3) is 3.16. The lowest BCUT2D eigenvalue weighted by Crippen LogP contribution is -2.16. The van der Waals surface area contributed by atoms with Crippen LogP contribution in [-0.2, 0) is 0 Å². The van der Waals surface area contributed by atoms with Gasteiger partial charge in [0, 0.05) is 18.0 Å². The van der Waals surface area contributed by atoms with Crippen molar-refractivity contribution in [3.8, 4) is 11.5 Å². The summed E-state index contributed by atoms with van der Waals surface area (Å²) >= 11 is 0. The zero-order valence-electron chi connectivity index (χ0n) is 14.2. The van der Waals surface area contributed by atoms with Gasteiger partial charge in [0.1, 0.15) is 5.82 Å². The Balaban J connectivity index is 1.69. The van der Waals surface area contributed by atoms with Crippen LogP contribution in [0.3, 0.4) is 0 Å². The lowest BCUT2D eigenvalue weighted by atomic mass is 9.86. The molecule has 2 aliphatic heterocycles. The summed E-state index contributed by atoms with van der Waals surface area (Å²) in [5, 5.41) is 0. The van der Waals surface area contributed by atoms with Gasteiger partial charge in [0.15, 0.2) is 11.5 Å². The van der Waals surface area contributed by atoms with Crippen LogP contribution in [0.25, 0.3) is 6.08 Å². The van der Waals surface area contributed by atoms with Gasteiger partial charge in [-0.2, -0.15) is 0 Å². The SMILES string of the molecule is CCCC1CN=C(C=Cc2ccc(F)cc2)c2cc3c(cc21)OCO3. The third-order valence-electron chi connectivity index (χ3n) is 4.68. The molecule has 0 fully saturated rings. The molecule has 0 radical (unpaired) electrons. The Labute approximate surface area is 146 Å². The van der Waals surface area contributed by atoms with Crippen molar-refractivity contribution in [2.45, 2.75) is 25.7 Å². The van der Waals surface area contributed by atoms with Gasteiger partial charge in [0.25, 0.3) is 0 Å². The Morgan fingerprint density at radius 2 is 1.88 bits per heavy atom. The van der Waals surface area contributed by atoms with Crippen LogP contribution >= 0.6 is 0 Å². The van der Waals surface area contributed by atoms with E-state index in [0.29, 0.717) is 5.92 Å². The maximum Gasteiger partial charge on any atom is 0.231 e. The van der Waals surface area contributed by atoms with E-state index in [4.69, 9.17) is 14.5 Å². The minimum atomic E-state index is -0.229. The average molecular weight is 337 g/mol. The van der Waals surface area contributed by atoms with E-state index >= 15 is 0 Å². The first-order chi connectivity index (χ1) is 12.2. The largest absolute Gasteiger partial charge is 0.454 e. The summed E-state index contributed by atoms with van der Waals surface area (Å²) in [4.78, 5) is 4.79. The Bertz CT molecular complexity index is 840. The van der Waals surface area contributed by atoms with Crippen LogP contribution < -0.4 is 9.47 Å². The van der Waals surface area contributed by atoms with Crippen molar-refractivity contribution in [1.82, 2.24) is 0 Å².